The third-order valence-electron chi connectivity index (χ3n) is 3.02. The van der Waals surface area contributed by atoms with E-state index in [-0.39, 0.29) is 5.91 Å². The van der Waals surface area contributed by atoms with Gasteiger partial charge >= 0.3 is 0 Å². The van der Waals surface area contributed by atoms with Gasteiger partial charge < -0.3 is 4.90 Å². The molecule has 0 saturated heterocycles. The standard InChI is InChI=1S/C14H13N5O/c1-19(8-13-15-9-16-18-13)14(20)12-7-6-10-4-2-3-5-11(10)17-12/h2-7,9H,8H2,1H3,(H,15,16,18). The molecular weight excluding hydrogens is 254 g/mol. The number of rotatable bonds is 3. The van der Waals surface area contributed by atoms with Crippen molar-refractivity contribution in [3.8, 4) is 0 Å². The van der Waals surface area contributed by atoms with E-state index in [0.29, 0.717) is 18.1 Å². The molecule has 1 amide bonds. The van der Waals surface area contributed by atoms with Gasteiger partial charge in [0.15, 0.2) is 0 Å². The molecule has 0 aliphatic rings. The summed E-state index contributed by atoms with van der Waals surface area (Å²) in [7, 11) is 1.71. The first-order chi connectivity index (χ1) is 9.74. The molecule has 0 aliphatic carbocycles. The summed E-state index contributed by atoms with van der Waals surface area (Å²) in [6.07, 6.45) is 1.42. The fourth-order valence-corrected chi connectivity index (χ4v) is 1.98. The van der Waals surface area contributed by atoms with Crippen LogP contribution in [0.2, 0.25) is 0 Å². The Morgan fingerprint density at radius 1 is 1.25 bits per heavy atom. The van der Waals surface area contributed by atoms with Gasteiger partial charge in [0.05, 0.1) is 12.1 Å². The zero-order valence-electron chi connectivity index (χ0n) is 10.9. The maximum Gasteiger partial charge on any atom is 0.272 e. The minimum atomic E-state index is -0.146. The molecule has 2 heterocycles. The first-order valence-electron chi connectivity index (χ1n) is 6.19. The lowest BCUT2D eigenvalue weighted by Gasteiger charge is -2.15. The molecule has 0 radical (unpaired) electrons. The molecule has 1 N–H and O–H groups in total. The number of hydrogen-bond acceptors (Lipinski definition) is 4. The SMILES string of the molecule is CN(Cc1ncn[nH]1)C(=O)c1ccc2ccccc2n1. The van der Waals surface area contributed by atoms with E-state index < -0.39 is 0 Å². The highest BCUT2D eigenvalue weighted by Crippen LogP contribution is 2.13. The number of carbonyl (C=O) groups is 1. The Morgan fingerprint density at radius 2 is 2.10 bits per heavy atom. The molecule has 6 heteroatoms. The van der Waals surface area contributed by atoms with Crippen LogP contribution in [0.15, 0.2) is 42.7 Å². The van der Waals surface area contributed by atoms with Crippen LogP contribution in [-0.4, -0.2) is 38.0 Å². The molecule has 0 bridgehead atoms. The number of nitrogens with one attached hydrogen (secondary N) is 1. The lowest BCUT2D eigenvalue weighted by Crippen LogP contribution is -2.27. The van der Waals surface area contributed by atoms with E-state index >= 15 is 0 Å². The number of amides is 1. The lowest BCUT2D eigenvalue weighted by molar-refractivity contribution is 0.0776. The molecule has 20 heavy (non-hydrogen) atoms. The Bertz CT molecular complexity index is 738. The number of para-hydroxylation sites is 1. The van der Waals surface area contributed by atoms with Gasteiger partial charge in [-0.05, 0) is 12.1 Å². The zero-order valence-corrected chi connectivity index (χ0v) is 10.9. The van der Waals surface area contributed by atoms with Gasteiger partial charge in [0.2, 0.25) is 0 Å². The van der Waals surface area contributed by atoms with Crippen molar-refractivity contribution in [1.29, 1.82) is 0 Å². The molecule has 0 unspecified atom stereocenters. The summed E-state index contributed by atoms with van der Waals surface area (Å²) in [6, 6.07) is 11.3. The summed E-state index contributed by atoms with van der Waals surface area (Å²) >= 11 is 0. The summed E-state index contributed by atoms with van der Waals surface area (Å²) in [5, 5.41) is 7.50. The van der Waals surface area contributed by atoms with Crippen LogP contribution in [0.25, 0.3) is 10.9 Å². The van der Waals surface area contributed by atoms with Crippen LogP contribution in [0, 0.1) is 0 Å². The molecule has 3 rings (SSSR count). The summed E-state index contributed by atoms with van der Waals surface area (Å²) in [6.45, 7) is 0.368. The Balaban J connectivity index is 1.84. The maximum absolute atomic E-state index is 12.3. The minimum absolute atomic E-state index is 0.146. The van der Waals surface area contributed by atoms with E-state index in [9.17, 15) is 4.79 Å². The predicted octanol–water partition coefficient (Wildman–Crippen LogP) is 1.63. The summed E-state index contributed by atoms with van der Waals surface area (Å²) in [4.78, 5) is 22.3. The summed E-state index contributed by atoms with van der Waals surface area (Å²) in [5.41, 5.74) is 1.23. The number of carbonyl (C=O) groups excluding carboxylic acids is 1. The number of pyridine rings is 1. The second kappa shape index (κ2) is 5.08. The van der Waals surface area contributed by atoms with Crippen molar-refractivity contribution < 1.29 is 4.79 Å². The van der Waals surface area contributed by atoms with Gasteiger partial charge in [-0.3, -0.25) is 9.89 Å². The first-order valence-corrected chi connectivity index (χ1v) is 6.19. The van der Waals surface area contributed by atoms with Crippen LogP contribution in [-0.2, 0) is 6.54 Å². The molecule has 2 aromatic heterocycles. The molecule has 3 aromatic rings. The van der Waals surface area contributed by atoms with Gasteiger partial charge in [-0.25, -0.2) is 9.97 Å². The number of hydrogen-bond donors (Lipinski definition) is 1. The van der Waals surface area contributed by atoms with Crippen LogP contribution >= 0.6 is 0 Å². The molecular formula is C14H13N5O. The topological polar surface area (TPSA) is 74.8 Å². The van der Waals surface area contributed by atoms with Crippen molar-refractivity contribution in [3.05, 3.63) is 54.2 Å². The smallest absolute Gasteiger partial charge is 0.272 e. The Morgan fingerprint density at radius 3 is 2.90 bits per heavy atom. The van der Waals surface area contributed by atoms with E-state index in [1.165, 1.54) is 6.33 Å². The first kappa shape index (κ1) is 12.3. The Kier molecular flexibility index (Phi) is 3.12. The monoisotopic (exact) mass is 267 g/mol. The molecule has 0 aliphatic heterocycles. The fourth-order valence-electron chi connectivity index (χ4n) is 1.98. The number of nitrogens with zero attached hydrogens (tertiary/aromatic N) is 4. The Hall–Kier alpha value is -2.76. The third-order valence-corrected chi connectivity index (χ3v) is 3.02. The molecule has 6 nitrogen and oxygen atoms in total. The summed E-state index contributed by atoms with van der Waals surface area (Å²) in [5.74, 6) is 0.494. The largest absolute Gasteiger partial charge is 0.333 e. The average molecular weight is 267 g/mol. The van der Waals surface area contributed by atoms with Crippen molar-refractivity contribution in [2.75, 3.05) is 7.05 Å². The van der Waals surface area contributed by atoms with Crippen LogP contribution < -0.4 is 0 Å². The van der Waals surface area contributed by atoms with Crippen molar-refractivity contribution in [1.82, 2.24) is 25.1 Å². The number of aromatic amines is 1. The molecule has 1 aromatic carbocycles. The highest BCUT2D eigenvalue weighted by Gasteiger charge is 2.14. The van der Waals surface area contributed by atoms with E-state index in [2.05, 4.69) is 20.2 Å². The van der Waals surface area contributed by atoms with Crippen LogP contribution in [0.1, 0.15) is 16.3 Å². The van der Waals surface area contributed by atoms with Crippen molar-refractivity contribution in [3.63, 3.8) is 0 Å². The van der Waals surface area contributed by atoms with Crippen LogP contribution in [0.4, 0.5) is 0 Å². The fraction of sp³-hybridized carbons (Fsp3) is 0.143. The summed E-state index contributed by atoms with van der Waals surface area (Å²) < 4.78 is 0. The highest BCUT2D eigenvalue weighted by atomic mass is 16.2. The second-order valence-corrected chi connectivity index (χ2v) is 4.48. The van der Waals surface area contributed by atoms with Gasteiger partial charge in [-0.15, -0.1) is 0 Å². The molecule has 0 fully saturated rings. The van der Waals surface area contributed by atoms with E-state index in [0.717, 1.165) is 10.9 Å². The number of H-pyrrole nitrogens is 1. The average Bonchev–Trinajstić information content (AvgIpc) is 2.99. The predicted molar refractivity (Wildman–Crippen MR) is 73.9 cm³/mol. The van der Waals surface area contributed by atoms with Gasteiger partial charge in [-0.2, -0.15) is 5.10 Å². The molecule has 0 spiro atoms. The van der Waals surface area contributed by atoms with Crippen LogP contribution in [0.3, 0.4) is 0 Å². The van der Waals surface area contributed by atoms with Gasteiger partial charge in [0.1, 0.15) is 17.8 Å². The van der Waals surface area contributed by atoms with Crippen molar-refractivity contribution in [2.45, 2.75) is 6.54 Å². The number of aromatic nitrogens is 4. The van der Waals surface area contributed by atoms with E-state index in [1.807, 2.05) is 30.3 Å². The van der Waals surface area contributed by atoms with Crippen molar-refractivity contribution in [2.24, 2.45) is 0 Å². The van der Waals surface area contributed by atoms with E-state index in [4.69, 9.17) is 0 Å². The second-order valence-electron chi connectivity index (χ2n) is 4.48. The minimum Gasteiger partial charge on any atom is -0.333 e. The maximum atomic E-state index is 12.3. The van der Waals surface area contributed by atoms with Crippen molar-refractivity contribution >= 4 is 16.8 Å². The van der Waals surface area contributed by atoms with Crippen LogP contribution in [0.5, 0.6) is 0 Å². The lowest BCUT2D eigenvalue weighted by atomic mass is 10.2. The number of benzene rings is 1. The normalized spacial score (nSPS) is 10.7. The zero-order chi connectivity index (χ0) is 13.9. The third kappa shape index (κ3) is 2.35. The quantitative estimate of drug-likeness (QED) is 0.782. The van der Waals surface area contributed by atoms with Gasteiger partial charge in [0, 0.05) is 12.4 Å². The van der Waals surface area contributed by atoms with E-state index in [1.54, 1.807) is 18.0 Å². The van der Waals surface area contributed by atoms with Gasteiger partial charge in [-0.1, -0.05) is 24.3 Å². The molecule has 0 atom stereocenters. The highest BCUT2D eigenvalue weighted by molar-refractivity contribution is 5.94. The molecule has 100 valence electrons. The molecule has 0 saturated carbocycles. The van der Waals surface area contributed by atoms with Gasteiger partial charge in [0.25, 0.3) is 5.91 Å². The number of fused-ring (bicyclic) bond motifs is 1. The Labute approximate surface area is 115 Å².